The smallest absolute Gasteiger partial charge is 0.251 e. The van der Waals surface area contributed by atoms with E-state index in [2.05, 4.69) is 5.32 Å². The number of sulfonamides is 1. The Hall–Kier alpha value is -2.13. The van der Waals surface area contributed by atoms with Crippen molar-refractivity contribution in [3.63, 3.8) is 0 Å². The first kappa shape index (κ1) is 21.2. The molecule has 3 rings (SSSR count). The number of nitrogens with zero attached hydrogens (tertiary/aromatic N) is 1. The van der Waals surface area contributed by atoms with Gasteiger partial charge in [0.05, 0.1) is 18.1 Å². The van der Waals surface area contributed by atoms with Crippen molar-refractivity contribution in [1.29, 1.82) is 0 Å². The molecule has 0 radical (unpaired) electrons. The molecule has 9 heteroatoms. The molecule has 0 bridgehead atoms. The van der Waals surface area contributed by atoms with Gasteiger partial charge < -0.3 is 15.8 Å². The van der Waals surface area contributed by atoms with Crippen molar-refractivity contribution in [2.45, 2.75) is 11.4 Å². The van der Waals surface area contributed by atoms with E-state index in [1.54, 1.807) is 48.5 Å². The van der Waals surface area contributed by atoms with Gasteiger partial charge in [-0.2, -0.15) is 4.31 Å². The SMILES string of the molecule is Cl.Nc1ccc(C(=O)NCc2ccc(S(=O)(=O)N3CCOCC3)cc2)cc1. The average molecular weight is 412 g/mol. The van der Waals surface area contributed by atoms with Crippen LogP contribution in [0.25, 0.3) is 0 Å². The highest BCUT2D eigenvalue weighted by atomic mass is 35.5. The molecule has 1 saturated heterocycles. The van der Waals surface area contributed by atoms with Crippen molar-refractivity contribution in [3.8, 4) is 0 Å². The summed E-state index contributed by atoms with van der Waals surface area (Å²) in [5, 5.41) is 2.80. The number of nitrogens with one attached hydrogen (secondary N) is 1. The van der Waals surface area contributed by atoms with Gasteiger partial charge in [0.2, 0.25) is 10.0 Å². The van der Waals surface area contributed by atoms with Crippen molar-refractivity contribution in [1.82, 2.24) is 9.62 Å². The molecular formula is C18H22ClN3O4S. The van der Waals surface area contributed by atoms with Gasteiger partial charge in [-0.25, -0.2) is 8.42 Å². The van der Waals surface area contributed by atoms with Gasteiger partial charge in [0.25, 0.3) is 5.91 Å². The van der Waals surface area contributed by atoms with Crippen molar-refractivity contribution >= 4 is 34.0 Å². The first-order chi connectivity index (χ1) is 12.5. The van der Waals surface area contributed by atoms with E-state index in [-0.39, 0.29) is 23.2 Å². The number of benzene rings is 2. The van der Waals surface area contributed by atoms with E-state index in [1.807, 2.05) is 0 Å². The Balaban J connectivity index is 0.00000261. The zero-order chi connectivity index (χ0) is 18.6. The van der Waals surface area contributed by atoms with E-state index in [4.69, 9.17) is 10.5 Å². The van der Waals surface area contributed by atoms with E-state index in [1.165, 1.54) is 4.31 Å². The highest BCUT2D eigenvalue weighted by Crippen LogP contribution is 2.17. The molecule has 1 amide bonds. The summed E-state index contributed by atoms with van der Waals surface area (Å²) < 4.78 is 31.8. The number of carbonyl (C=O) groups excluding carboxylic acids is 1. The van der Waals surface area contributed by atoms with Gasteiger partial charge in [-0.05, 0) is 42.0 Å². The van der Waals surface area contributed by atoms with Crippen LogP contribution in [0.5, 0.6) is 0 Å². The normalized spacial score (nSPS) is 15.0. The summed E-state index contributed by atoms with van der Waals surface area (Å²) in [6.45, 7) is 1.85. The van der Waals surface area contributed by atoms with Crippen molar-refractivity contribution < 1.29 is 17.9 Å². The number of morpholine rings is 1. The fourth-order valence-electron chi connectivity index (χ4n) is 2.63. The number of ether oxygens (including phenoxy) is 1. The predicted octanol–water partition coefficient (Wildman–Crippen LogP) is 1.64. The fourth-order valence-corrected chi connectivity index (χ4v) is 4.04. The molecule has 0 spiro atoms. The first-order valence-electron chi connectivity index (χ1n) is 8.27. The highest BCUT2D eigenvalue weighted by Gasteiger charge is 2.26. The summed E-state index contributed by atoms with van der Waals surface area (Å²) >= 11 is 0. The summed E-state index contributed by atoms with van der Waals surface area (Å²) in [6, 6.07) is 13.2. The second-order valence-corrected chi connectivity index (χ2v) is 7.90. The van der Waals surface area contributed by atoms with Crippen LogP contribution < -0.4 is 11.1 Å². The van der Waals surface area contributed by atoms with Crippen LogP contribution in [0.3, 0.4) is 0 Å². The Morgan fingerprint density at radius 3 is 2.22 bits per heavy atom. The van der Waals surface area contributed by atoms with Gasteiger partial charge in [0, 0.05) is 30.9 Å². The molecule has 7 nitrogen and oxygen atoms in total. The Bertz CT molecular complexity index is 864. The molecule has 0 atom stereocenters. The number of nitrogens with two attached hydrogens (primary N) is 1. The standard InChI is InChI=1S/C18H21N3O4S.ClH/c19-16-5-3-15(4-6-16)18(22)20-13-14-1-7-17(8-2-14)26(23,24)21-9-11-25-12-10-21;/h1-8H,9-13,19H2,(H,20,22);1H. The summed E-state index contributed by atoms with van der Waals surface area (Å²) in [5.74, 6) is -0.213. The number of carbonyl (C=O) groups is 1. The third-order valence-corrected chi connectivity index (χ3v) is 6.07. The molecule has 1 fully saturated rings. The molecule has 0 aliphatic carbocycles. The van der Waals surface area contributed by atoms with Gasteiger partial charge in [0.1, 0.15) is 0 Å². The topological polar surface area (TPSA) is 102 Å². The Morgan fingerprint density at radius 2 is 1.63 bits per heavy atom. The van der Waals surface area contributed by atoms with Crippen LogP contribution in [0.4, 0.5) is 5.69 Å². The van der Waals surface area contributed by atoms with Gasteiger partial charge in [-0.15, -0.1) is 12.4 Å². The minimum atomic E-state index is -3.50. The molecule has 0 unspecified atom stereocenters. The van der Waals surface area contributed by atoms with Crippen molar-refractivity contribution in [2.24, 2.45) is 0 Å². The van der Waals surface area contributed by atoms with Gasteiger partial charge >= 0.3 is 0 Å². The Labute approximate surface area is 165 Å². The molecule has 1 aliphatic rings. The molecule has 0 aromatic heterocycles. The minimum Gasteiger partial charge on any atom is -0.399 e. The molecule has 1 aliphatic heterocycles. The molecule has 27 heavy (non-hydrogen) atoms. The van der Waals surface area contributed by atoms with Gasteiger partial charge in [0.15, 0.2) is 0 Å². The number of amides is 1. The van der Waals surface area contributed by atoms with Crippen LogP contribution >= 0.6 is 12.4 Å². The number of anilines is 1. The lowest BCUT2D eigenvalue weighted by Gasteiger charge is -2.26. The van der Waals surface area contributed by atoms with Crippen LogP contribution in [-0.2, 0) is 21.3 Å². The summed E-state index contributed by atoms with van der Waals surface area (Å²) in [6.07, 6.45) is 0. The fraction of sp³-hybridized carbons (Fsp3) is 0.278. The largest absolute Gasteiger partial charge is 0.399 e. The lowest BCUT2D eigenvalue weighted by Crippen LogP contribution is -2.40. The number of nitrogen functional groups attached to an aromatic ring is 1. The summed E-state index contributed by atoms with van der Waals surface area (Å²) in [5.41, 5.74) is 7.53. The second-order valence-electron chi connectivity index (χ2n) is 5.97. The highest BCUT2D eigenvalue weighted by molar-refractivity contribution is 7.89. The molecule has 1 heterocycles. The minimum absolute atomic E-state index is 0. The number of rotatable bonds is 5. The van der Waals surface area contributed by atoms with Crippen LogP contribution in [0, 0.1) is 0 Å². The molecule has 2 aromatic carbocycles. The van der Waals surface area contributed by atoms with E-state index in [9.17, 15) is 13.2 Å². The van der Waals surface area contributed by atoms with Crippen molar-refractivity contribution in [2.75, 3.05) is 32.0 Å². The van der Waals surface area contributed by atoms with Crippen LogP contribution in [0.2, 0.25) is 0 Å². The lowest BCUT2D eigenvalue weighted by molar-refractivity contribution is 0.0730. The Morgan fingerprint density at radius 1 is 1.04 bits per heavy atom. The van der Waals surface area contributed by atoms with Crippen LogP contribution in [-0.4, -0.2) is 44.9 Å². The van der Waals surface area contributed by atoms with E-state index >= 15 is 0 Å². The van der Waals surface area contributed by atoms with Gasteiger partial charge in [-0.3, -0.25) is 4.79 Å². The van der Waals surface area contributed by atoms with E-state index in [0.29, 0.717) is 44.1 Å². The molecule has 2 aromatic rings. The molecule has 3 N–H and O–H groups in total. The maximum atomic E-state index is 12.6. The molecule has 0 saturated carbocycles. The zero-order valence-electron chi connectivity index (χ0n) is 14.6. The maximum Gasteiger partial charge on any atom is 0.251 e. The summed E-state index contributed by atoms with van der Waals surface area (Å²) in [4.78, 5) is 12.3. The molecule has 146 valence electrons. The van der Waals surface area contributed by atoms with E-state index < -0.39 is 10.0 Å². The second kappa shape index (κ2) is 9.18. The quantitative estimate of drug-likeness (QED) is 0.728. The lowest BCUT2D eigenvalue weighted by atomic mass is 10.2. The monoisotopic (exact) mass is 411 g/mol. The zero-order valence-corrected chi connectivity index (χ0v) is 16.3. The maximum absolute atomic E-state index is 12.6. The number of halogens is 1. The van der Waals surface area contributed by atoms with Crippen LogP contribution in [0.1, 0.15) is 15.9 Å². The predicted molar refractivity (Wildman–Crippen MR) is 105 cm³/mol. The van der Waals surface area contributed by atoms with E-state index in [0.717, 1.165) is 5.56 Å². The third-order valence-electron chi connectivity index (χ3n) is 4.16. The number of hydrogen-bond acceptors (Lipinski definition) is 5. The average Bonchev–Trinajstić information content (AvgIpc) is 2.67. The van der Waals surface area contributed by atoms with Crippen molar-refractivity contribution in [3.05, 3.63) is 59.7 Å². The first-order valence-corrected chi connectivity index (χ1v) is 9.71. The third kappa shape index (κ3) is 5.20. The number of hydrogen-bond donors (Lipinski definition) is 2. The van der Waals surface area contributed by atoms with Gasteiger partial charge in [-0.1, -0.05) is 12.1 Å². The summed E-state index contributed by atoms with van der Waals surface area (Å²) in [7, 11) is -3.50. The van der Waals surface area contributed by atoms with Crippen LogP contribution in [0.15, 0.2) is 53.4 Å². The molecular weight excluding hydrogens is 390 g/mol. The Kier molecular flexibility index (Phi) is 7.20.